The summed E-state index contributed by atoms with van der Waals surface area (Å²) in [5, 5.41) is 3.42. The summed E-state index contributed by atoms with van der Waals surface area (Å²) in [6.07, 6.45) is 3.86. The molecule has 3 aliphatic rings. The lowest BCUT2D eigenvalue weighted by atomic mass is 9.93. The van der Waals surface area contributed by atoms with E-state index in [1.54, 1.807) is 0 Å². The summed E-state index contributed by atoms with van der Waals surface area (Å²) in [6, 6.07) is 9.56. The Morgan fingerprint density at radius 2 is 1.96 bits per heavy atom. The molecular weight excluding hydrogens is 324 g/mol. The van der Waals surface area contributed by atoms with E-state index in [-0.39, 0.29) is 11.9 Å². The molecule has 0 spiro atoms. The van der Waals surface area contributed by atoms with Crippen LogP contribution in [0.25, 0.3) is 0 Å². The maximum Gasteiger partial charge on any atom is 0.220 e. The molecule has 4 rings (SSSR count). The molecule has 1 aromatic carbocycles. The van der Waals surface area contributed by atoms with E-state index < -0.39 is 0 Å². The van der Waals surface area contributed by atoms with Gasteiger partial charge in [0.1, 0.15) is 0 Å². The van der Waals surface area contributed by atoms with Gasteiger partial charge in [-0.3, -0.25) is 9.69 Å². The first-order valence-corrected chi connectivity index (χ1v) is 10.4. The minimum atomic E-state index is 0.178. The molecule has 4 heteroatoms. The first-order chi connectivity index (χ1) is 12.7. The lowest BCUT2D eigenvalue weighted by molar-refractivity contribution is -0.123. The van der Waals surface area contributed by atoms with E-state index in [1.165, 1.54) is 17.5 Å². The number of hydrogen-bond donors (Lipinski definition) is 1. The molecule has 1 aliphatic carbocycles. The Bertz CT molecular complexity index is 641. The number of hydrogen-bond acceptors (Lipinski definition) is 3. The van der Waals surface area contributed by atoms with Crippen LogP contribution < -0.4 is 5.32 Å². The van der Waals surface area contributed by atoms with Crippen molar-refractivity contribution in [3.8, 4) is 0 Å². The van der Waals surface area contributed by atoms with Gasteiger partial charge in [-0.2, -0.15) is 0 Å². The van der Waals surface area contributed by atoms with Crippen molar-refractivity contribution < 1.29 is 9.53 Å². The first kappa shape index (κ1) is 18.0. The zero-order valence-corrected chi connectivity index (χ0v) is 16.1. The number of rotatable bonds is 5. The molecule has 142 valence electrons. The van der Waals surface area contributed by atoms with Crippen molar-refractivity contribution in [1.29, 1.82) is 0 Å². The van der Waals surface area contributed by atoms with E-state index in [0.29, 0.717) is 30.2 Å². The predicted molar refractivity (Wildman–Crippen MR) is 103 cm³/mol. The molecular formula is C22H32N2O2. The molecule has 2 saturated heterocycles. The van der Waals surface area contributed by atoms with Gasteiger partial charge < -0.3 is 10.1 Å². The second-order valence-electron chi connectivity index (χ2n) is 8.42. The van der Waals surface area contributed by atoms with Crippen molar-refractivity contribution in [3.05, 3.63) is 35.4 Å². The average molecular weight is 357 g/mol. The van der Waals surface area contributed by atoms with E-state index in [0.717, 1.165) is 39.1 Å². The summed E-state index contributed by atoms with van der Waals surface area (Å²) >= 11 is 0. The van der Waals surface area contributed by atoms with Crippen LogP contribution in [0.5, 0.6) is 0 Å². The highest BCUT2D eigenvalue weighted by atomic mass is 16.5. The van der Waals surface area contributed by atoms with Crippen LogP contribution in [0, 0.1) is 11.8 Å². The standard InChI is InChI=1S/C22H32N2O2/c1-3-15(2)24-13-19-17-6-4-5-7-18(17)22(20(19)14-24)23-21(25)12-16-8-10-26-11-9-16/h4-7,15-16,19-20,22H,3,8-14H2,1-2H3,(H,23,25)/t15-,19+,20+,22-/m1/s1. The number of nitrogens with zero attached hydrogens (tertiary/aromatic N) is 1. The number of fused-ring (bicyclic) bond motifs is 3. The summed E-state index contributed by atoms with van der Waals surface area (Å²) in [7, 11) is 0. The molecule has 4 atom stereocenters. The number of carbonyl (C=O) groups is 1. The molecule has 0 radical (unpaired) electrons. The number of benzene rings is 1. The number of amides is 1. The van der Waals surface area contributed by atoms with Gasteiger partial charge in [-0.25, -0.2) is 0 Å². The number of ether oxygens (including phenoxy) is 1. The lowest BCUT2D eigenvalue weighted by Crippen LogP contribution is -2.36. The van der Waals surface area contributed by atoms with Crippen LogP contribution in [-0.4, -0.2) is 43.2 Å². The molecule has 26 heavy (non-hydrogen) atoms. The Morgan fingerprint density at radius 3 is 2.69 bits per heavy atom. The third kappa shape index (κ3) is 3.41. The molecule has 4 nitrogen and oxygen atoms in total. The van der Waals surface area contributed by atoms with E-state index in [4.69, 9.17) is 4.74 Å². The van der Waals surface area contributed by atoms with Crippen LogP contribution >= 0.6 is 0 Å². The van der Waals surface area contributed by atoms with Gasteiger partial charge in [0.2, 0.25) is 5.91 Å². The van der Waals surface area contributed by atoms with Crippen LogP contribution in [0.2, 0.25) is 0 Å². The van der Waals surface area contributed by atoms with Gasteiger partial charge in [-0.1, -0.05) is 31.2 Å². The number of nitrogens with one attached hydrogen (secondary N) is 1. The van der Waals surface area contributed by atoms with E-state index in [9.17, 15) is 4.79 Å². The largest absolute Gasteiger partial charge is 0.381 e. The van der Waals surface area contributed by atoms with Gasteiger partial charge in [0.25, 0.3) is 0 Å². The second kappa shape index (κ2) is 7.69. The van der Waals surface area contributed by atoms with Gasteiger partial charge in [-0.15, -0.1) is 0 Å². The Kier molecular flexibility index (Phi) is 5.32. The van der Waals surface area contributed by atoms with Crippen LogP contribution in [0.15, 0.2) is 24.3 Å². The van der Waals surface area contributed by atoms with Gasteiger partial charge in [0.05, 0.1) is 6.04 Å². The summed E-state index contributed by atoms with van der Waals surface area (Å²) < 4.78 is 5.43. The fourth-order valence-corrected chi connectivity index (χ4v) is 5.14. The van der Waals surface area contributed by atoms with E-state index >= 15 is 0 Å². The lowest BCUT2D eigenvalue weighted by Gasteiger charge is -2.27. The van der Waals surface area contributed by atoms with Crippen LogP contribution in [0.3, 0.4) is 0 Å². The van der Waals surface area contributed by atoms with E-state index in [1.807, 2.05) is 0 Å². The van der Waals surface area contributed by atoms with Crippen LogP contribution in [-0.2, 0) is 9.53 Å². The Hall–Kier alpha value is -1.39. The summed E-state index contributed by atoms with van der Waals surface area (Å²) in [5.74, 6) is 1.78. The third-order valence-corrected chi connectivity index (χ3v) is 6.90. The topological polar surface area (TPSA) is 41.6 Å². The fraction of sp³-hybridized carbons (Fsp3) is 0.682. The molecule has 2 fully saturated rings. The Morgan fingerprint density at radius 1 is 1.23 bits per heavy atom. The summed E-state index contributed by atoms with van der Waals surface area (Å²) in [6.45, 7) is 8.42. The summed E-state index contributed by atoms with van der Waals surface area (Å²) in [5.41, 5.74) is 2.81. The average Bonchev–Trinajstić information content (AvgIpc) is 3.21. The molecule has 0 unspecified atom stereocenters. The smallest absolute Gasteiger partial charge is 0.220 e. The van der Waals surface area contributed by atoms with Crippen molar-refractivity contribution in [3.63, 3.8) is 0 Å². The monoisotopic (exact) mass is 356 g/mol. The van der Waals surface area contributed by atoms with Gasteiger partial charge in [0, 0.05) is 50.6 Å². The third-order valence-electron chi connectivity index (χ3n) is 6.90. The van der Waals surface area contributed by atoms with Crippen molar-refractivity contribution in [2.75, 3.05) is 26.3 Å². The maximum absolute atomic E-state index is 12.8. The highest BCUT2D eigenvalue weighted by Crippen LogP contribution is 2.49. The molecule has 2 aliphatic heterocycles. The van der Waals surface area contributed by atoms with E-state index in [2.05, 4.69) is 48.3 Å². The minimum absolute atomic E-state index is 0.178. The molecule has 1 N–H and O–H groups in total. The fourth-order valence-electron chi connectivity index (χ4n) is 5.14. The molecule has 0 aromatic heterocycles. The van der Waals surface area contributed by atoms with Crippen molar-refractivity contribution >= 4 is 5.91 Å². The zero-order valence-electron chi connectivity index (χ0n) is 16.1. The molecule has 0 bridgehead atoms. The highest BCUT2D eigenvalue weighted by molar-refractivity contribution is 5.77. The Labute approximate surface area is 157 Å². The zero-order chi connectivity index (χ0) is 18.1. The predicted octanol–water partition coefficient (Wildman–Crippen LogP) is 3.49. The van der Waals surface area contributed by atoms with Gasteiger partial charge in [0.15, 0.2) is 0 Å². The number of carbonyl (C=O) groups excluding carboxylic acids is 1. The molecule has 2 heterocycles. The maximum atomic E-state index is 12.8. The number of likely N-dealkylation sites (tertiary alicyclic amines) is 1. The molecule has 0 saturated carbocycles. The van der Waals surface area contributed by atoms with Crippen molar-refractivity contribution in [2.45, 2.75) is 57.5 Å². The normalized spacial score (nSPS) is 30.0. The van der Waals surface area contributed by atoms with Crippen LogP contribution in [0.4, 0.5) is 0 Å². The second-order valence-corrected chi connectivity index (χ2v) is 8.42. The highest BCUT2D eigenvalue weighted by Gasteiger charge is 2.47. The van der Waals surface area contributed by atoms with Crippen LogP contribution in [0.1, 0.15) is 62.6 Å². The van der Waals surface area contributed by atoms with Crippen molar-refractivity contribution in [1.82, 2.24) is 10.2 Å². The first-order valence-electron chi connectivity index (χ1n) is 10.4. The summed E-state index contributed by atoms with van der Waals surface area (Å²) in [4.78, 5) is 15.4. The van der Waals surface area contributed by atoms with Gasteiger partial charge >= 0.3 is 0 Å². The minimum Gasteiger partial charge on any atom is -0.381 e. The van der Waals surface area contributed by atoms with Crippen molar-refractivity contribution in [2.24, 2.45) is 11.8 Å². The molecule has 1 aromatic rings. The quantitative estimate of drug-likeness (QED) is 0.878. The van der Waals surface area contributed by atoms with Gasteiger partial charge in [-0.05, 0) is 43.2 Å². The Balaban J connectivity index is 1.48. The SMILES string of the molecule is CC[C@@H](C)N1C[C@@H]2[C@H](NC(=O)CC3CCOCC3)c3ccccc3[C@@H]2C1. The molecule has 1 amide bonds.